The molecule has 0 aliphatic rings. The van der Waals surface area contributed by atoms with Crippen LogP contribution in [0, 0.1) is 0 Å². The maximum Gasteiger partial charge on any atom is 0.254 e. The molecule has 1 amide bonds. The summed E-state index contributed by atoms with van der Waals surface area (Å²) in [6.07, 6.45) is 0. The largest absolute Gasteiger partial charge is 0.335 e. The summed E-state index contributed by atoms with van der Waals surface area (Å²) in [5.41, 5.74) is 2.87. The van der Waals surface area contributed by atoms with Crippen LogP contribution in [0.1, 0.15) is 28.4 Å². The lowest BCUT2D eigenvalue weighted by Crippen LogP contribution is -2.30. The van der Waals surface area contributed by atoms with E-state index in [0.717, 1.165) is 11.1 Å². The first-order valence-electron chi connectivity index (χ1n) is 6.72. The lowest BCUT2D eigenvalue weighted by molar-refractivity contribution is 0.0752. The van der Waals surface area contributed by atoms with Crippen LogP contribution in [0.4, 0.5) is 0 Å². The molecular weight excluding hydrogens is 270 g/mol. The Balaban J connectivity index is 2.12. The Morgan fingerprint density at radius 2 is 1.65 bits per heavy atom. The Labute approximate surface area is 125 Å². The van der Waals surface area contributed by atoms with E-state index in [-0.39, 0.29) is 5.91 Å². The summed E-state index contributed by atoms with van der Waals surface area (Å²) in [5.74, 6) is 0.521. The molecule has 0 unspecified atom stereocenters. The minimum absolute atomic E-state index is 0.0532. The lowest BCUT2D eigenvalue weighted by Gasteiger charge is -2.21. The molecule has 0 aliphatic heterocycles. The summed E-state index contributed by atoms with van der Waals surface area (Å²) in [5, 5.41) is 0. The standard InChI is InChI=1S/C17H18ClNO/c1-2-19(13-15-6-4-3-5-7-15)17(20)16-10-8-14(12-18)9-11-16/h3-11H,2,12-13H2,1H3. The fourth-order valence-corrected chi connectivity index (χ4v) is 2.23. The maximum atomic E-state index is 12.5. The van der Waals surface area contributed by atoms with E-state index in [4.69, 9.17) is 11.6 Å². The predicted octanol–water partition coefficient (Wildman–Crippen LogP) is 4.09. The smallest absolute Gasteiger partial charge is 0.254 e. The van der Waals surface area contributed by atoms with E-state index in [2.05, 4.69) is 0 Å². The van der Waals surface area contributed by atoms with Crippen molar-refractivity contribution in [2.45, 2.75) is 19.3 Å². The molecule has 0 spiro atoms. The van der Waals surface area contributed by atoms with Gasteiger partial charge in [0.25, 0.3) is 5.91 Å². The second-order valence-electron chi connectivity index (χ2n) is 4.64. The van der Waals surface area contributed by atoms with E-state index in [9.17, 15) is 4.79 Å². The van der Waals surface area contributed by atoms with Gasteiger partial charge in [0, 0.05) is 24.5 Å². The van der Waals surface area contributed by atoms with Gasteiger partial charge in [-0.1, -0.05) is 42.5 Å². The number of benzene rings is 2. The van der Waals surface area contributed by atoms with Gasteiger partial charge in [-0.2, -0.15) is 0 Å². The molecule has 2 nitrogen and oxygen atoms in total. The van der Waals surface area contributed by atoms with Crippen LogP contribution in [0.5, 0.6) is 0 Å². The van der Waals surface area contributed by atoms with Crippen molar-refractivity contribution >= 4 is 17.5 Å². The molecule has 0 saturated carbocycles. The van der Waals surface area contributed by atoms with Crippen molar-refractivity contribution in [3.05, 3.63) is 71.3 Å². The van der Waals surface area contributed by atoms with E-state index >= 15 is 0 Å². The number of amides is 1. The molecule has 0 fully saturated rings. The molecule has 0 N–H and O–H groups in total. The molecular formula is C17H18ClNO. The second-order valence-corrected chi connectivity index (χ2v) is 4.90. The first kappa shape index (κ1) is 14.6. The lowest BCUT2D eigenvalue weighted by atomic mass is 10.1. The van der Waals surface area contributed by atoms with Crippen LogP contribution >= 0.6 is 11.6 Å². The molecule has 0 heterocycles. The molecule has 20 heavy (non-hydrogen) atoms. The zero-order chi connectivity index (χ0) is 14.4. The molecule has 2 rings (SSSR count). The highest BCUT2D eigenvalue weighted by atomic mass is 35.5. The van der Waals surface area contributed by atoms with E-state index < -0.39 is 0 Å². The minimum Gasteiger partial charge on any atom is -0.335 e. The molecule has 0 bridgehead atoms. The van der Waals surface area contributed by atoms with Gasteiger partial charge in [-0.25, -0.2) is 0 Å². The molecule has 0 saturated heterocycles. The number of nitrogens with zero attached hydrogens (tertiary/aromatic N) is 1. The van der Waals surface area contributed by atoms with Crippen molar-refractivity contribution < 1.29 is 4.79 Å². The van der Waals surface area contributed by atoms with Crippen molar-refractivity contribution in [1.29, 1.82) is 0 Å². The second kappa shape index (κ2) is 7.11. The van der Waals surface area contributed by atoms with Crippen molar-refractivity contribution in [1.82, 2.24) is 4.90 Å². The van der Waals surface area contributed by atoms with Gasteiger partial charge in [0.05, 0.1) is 0 Å². The fourth-order valence-electron chi connectivity index (χ4n) is 2.05. The van der Waals surface area contributed by atoms with Gasteiger partial charge >= 0.3 is 0 Å². The molecule has 0 radical (unpaired) electrons. The van der Waals surface area contributed by atoms with E-state index in [1.807, 2.05) is 66.4 Å². The zero-order valence-corrected chi connectivity index (χ0v) is 12.3. The number of alkyl halides is 1. The number of rotatable bonds is 5. The highest BCUT2D eigenvalue weighted by molar-refractivity contribution is 6.17. The normalized spacial score (nSPS) is 10.3. The average Bonchev–Trinajstić information content (AvgIpc) is 2.53. The van der Waals surface area contributed by atoms with E-state index in [1.54, 1.807) is 0 Å². The Kier molecular flexibility index (Phi) is 5.19. The molecule has 0 aromatic heterocycles. The van der Waals surface area contributed by atoms with Gasteiger partial charge in [0.15, 0.2) is 0 Å². The monoisotopic (exact) mass is 287 g/mol. The van der Waals surface area contributed by atoms with Crippen molar-refractivity contribution in [2.24, 2.45) is 0 Å². The summed E-state index contributed by atoms with van der Waals surface area (Å²) in [7, 11) is 0. The first-order valence-corrected chi connectivity index (χ1v) is 7.26. The van der Waals surface area contributed by atoms with Gasteiger partial charge in [-0.3, -0.25) is 4.79 Å². The Morgan fingerprint density at radius 1 is 1.00 bits per heavy atom. The summed E-state index contributed by atoms with van der Waals surface area (Å²) < 4.78 is 0. The van der Waals surface area contributed by atoms with Crippen LogP contribution < -0.4 is 0 Å². The third-order valence-corrected chi connectivity index (χ3v) is 3.55. The van der Waals surface area contributed by atoms with E-state index in [1.165, 1.54) is 0 Å². The molecule has 104 valence electrons. The number of hydrogen-bond acceptors (Lipinski definition) is 1. The van der Waals surface area contributed by atoms with Gasteiger partial charge in [-0.05, 0) is 30.2 Å². The fraction of sp³-hybridized carbons (Fsp3) is 0.235. The van der Waals surface area contributed by atoms with Crippen LogP contribution in [0.15, 0.2) is 54.6 Å². The molecule has 2 aromatic carbocycles. The van der Waals surface area contributed by atoms with Crippen molar-refractivity contribution in [3.8, 4) is 0 Å². The predicted molar refractivity (Wildman–Crippen MR) is 82.9 cm³/mol. The van der Waals surface area contributed by atoms with Crippen LogP contribution in [0.3, 0.4) is 0 Å². The van der Waals surface area contributed by atoms with Gasteiger partial charge < -0.3 is 4.90 Å². The highest BCUT2D eigenvalue weighted by Crippen LogP contribution is 2.12. The quantitative estimate of drug-likeness (QED) is 0.759. The third kappa shape index (κ3) is 3.61. The topological polar surface area (TPSA) is 20.3 Å². The number of hydrogen-bond donors (Lipinski definition) is 0. The van der Waals surface area contributed by atoms with Gasteiger partial charge in [-0.15, -0.1) is 11.6 Å². The van der Waals surface area contributed by atoms with Crippen LogP contribution in [0.2, 0.25) is 0 Å². The summed E-state index contributed by atoms with van der Waals surface area (Å²) in [6, 6.07) is 17.5. The average molecular weight is 288 g/mol. The molecule has 3 heteroatoms. The summed E-state index contributed by atoms with van der Waals surface area (Å²) in [6.45, 7) is 3.31. The number of carbonyl (C=O) groups is 1. The summed E-state index contributed by atoms with van der Waals surface area (Å²) >= 11 is 5.76. The van der Waals surface area contributed by atoms with Gasteiger partial charge in [0.2, 0.25) is 0 Å². The maximum absolute atomic E-state index is 12.5. The molecule has 0 aliphatic carbocycles. The number of carbonyl (C=O) groups excluding carboxylic acids is 1. The minimum atomic E-state index is 0.0532. The van der Waals surface area contributed by atoms with Crippen molar-refractivity contribution in [2.75, 3.05) is 6.54 Å². The van der Waals surface area contributed by atoms with Crippen molar-refractivity contribution in [3.63, 3.8) is 0 Å². The Bertz CT molecular complexity index is 551. The highest BCUT2D eigenvalue weighted by Gasteiger charge is 2.14. The SMILES string of the molecule is CCN(Cc1ccccc1)C(=O)c1ccc(CCl)cc1. The summed E-state index contributed by atoms with van der Waals surface area (Å²) in [4.78, 5) is 14.3. The molecule has 2 aromatic rings. The molecule has 0 atom stereocenters. The van der Waals surface area contributed by atoms with E-state index in [0.29, 0.717) is 24.5 Å². The van der Waals surface area contributed by atoms with Crippen LogP contribution in [-0.2, 0) is 12.4 Å². The first-order chi connectivity index (χ1) is 9.74. The third-order valence-electron chi connectivity index (χ3n) is 3.24. The van der Waals surface area contributed by atoms with Gasteiger partial charge in [0.1, 0.15) is 0 Å². The van der Waals surface area contributed by atoms with Crippen LogP contribution in [-0.4, -0.2) is 17.4 Å². The Hall–Kier alpha value is -1.80. The number of halogens is 1. The zero-order valence-electron chi connectivity index (χ0n) is 11.6. The van der Waals surface area contributed by atoms with Crippen LogP contribution in [0.25, 0.3) is 0 Å². The Morgan fingerprint density at radius 3 is 2.20 bits per heavy atom.